The maximum absolute atomic E-state index is 14.7. The summed E-state index contributed by atoms with van der Waals surface area (Å²) in [7, 11) is 3.02. The number of anilines is 1. The first-order valence-corrected chi connectivity index (χ1v) is 14.2. The van der Waals surface area contributed by atoms with Gasteiger partial charge in [0.15, 0.2) is 28.8 Å². The fourth-order valence-corrected chi connectivity index (χ4v) is 7.33. The molecule has 4 aromatic rings. The fraction of sp³-hybridized carbons (Fsp3) is 0.171. The van der Waals surface area contributed by atoms with Crippen LogP contribution < -0.4 is 14.4 Å². The van der Waals surface area contributed by atoms with Gasteiger partial charge in [-0.05, 0) is 65.7 Å². The molecule has 1 fully saturated rings. The lowest BCUT2D eigenvalue weighted by Gasteiger charge is -2.37. The predicted molar refractivity (Wildman–Crippen MR) is 161 cm³/mol. The number of nitrogens with zero attached hydrogens (tertiary/aromatic N) is 1. The fourth-order valence-electron chi connectivity index (χ4n) is 7.15. The van der Waals surface area contributed by atoms with E-state index in [2.05, 4.69) is 0 Å². The van der Waals surface area contributed by atoms with Gasteiger partial charge in [0.1, 0.15) is 17.3 Å². The van der Waals surface area contributed by atoms with Crippen molar-refractivity contribution in [3.8, 4) is 11.5 Å². The number of fused-ring (bicyclic) bond motifs is 5. The van der Waals surface area contributed by atoms with Gasteiger partial charge in [-0.3, -0.25) is 14.4 Å². The highest BCUT2D eigenvalue weighted by Gasteiger charge is 2.71. The number of carbonyl (C=O) groups excluding carboxylic acids is 3. The van der Waals surface area contributed by atoms with E-state index in [1.54, 1.807) is 60.7 Å². The molecule has 43 heavy (non-hydrogen) atoms. The minimum atomic E-state index is -1.68. The lowest BCUT2D eigenvalue weighted by atomic mass is 9.64. The van der Waals surface area contributed by atoms with Crippen molar-refractivity contribution >= 4 is 40.7 Å². The first-order valence-electron chi connectivity index (χ1n) is 13.8. The largest absolute Gasteiger partial charge is 0.493 e. The molecule has 0 amide bonds. The Morgan fingerprint density at radius 3 is 2.19 bits per heavy atom. The molecule has 214 valence electrons. The zero-order valence-electron chi connectivity index (χ0n) is 23.2. The van der Waals surface area contributed by atoms with Gasteiger partial charge in [0.05, 0.1) is 20.3 Å². The molecule has 7 rings (SSSR count). The van der Waals surface area contributed by atoms with Crippen LogP contribution >= 0.6 is 11.6 Å². The van der Waals surface area contributed by atoms with Crippen molar-refractivity contribution in [1.29, 1.82) is 0 Å². The Bertz CT molecular complexity index is 1830. The van der Waals surface area contributed by atoms with Crippen LogP contribution in [0.1, 0.15) is 48.1 Å². The zero-order valence-corrected chi connectivity index (χ0v) is 24.0. The third-order valence-corrected chi connectivity index (χ3v) is 9.16. The van der Waals surface area contributed by atoms with Crippen LogP contribution in [0.5, 0.6) is 11.5 Å². The average Bonchev–Trinajstić information content (AvgIpc) is 3.46. The summed E-state index contributed by atoms with van der Waals surface area (Å²) in [6.45, 7) is 0. The number of benzene rings is 4. The van der Waals surface area contributed by atoms with E-state index in [0.29, 0.717) is 38.9 Å². The van der Waals surface area contributed by atoms with Crippen LogP contribution in [0.15, 0.2) is 91.0 Å². The number of Topliss-reactive ketones (excluding diaryl/α,β-unsaturated/α-hetero) is 3. The highest BCUT2D eigenvalue weighted by atomic mass is 35.5. The van der Waals surface area contributed by atoms with Gasteiger partial charge in [-0.2, -0.15) is 0 Å². The molecule has 0 radical (unpaired) electrons. The third kappa shape index (κ3) is 3.74. The van der Waals surface area contributed by atoms with Crippen LogP contribution in [-0.4, -0.2) is 43.7 Å². The number of halogens is 2. The van der Waals surface area contributed by atoms with E-state index in [0.717, 1.165) is 5.56 Å². The number of carbonyl (C=O) groups is 3. The highest BCUT2D eigenvalue weighted by molar-refractivity contribution is 6.32. The van der Waals surface area contributed by atoms with E-state index in [1.165, 1.54) is 38.5 Å². The second kappa shape index (κ2) is 9.92. The zero-order chi connectivity index (χ0) is 30.0. The van der Waals surface area contributed by atoms with Crippen molar-refractivity contribution in [2.75, 3.05) is 19.1 Å². The number of rotatable bonds is 5. The van der Waals surface area contributed by atoms with Crippen molar-refractivity contribution in [3.63, 3.8) is 0 Å². The van der Waals surface area contributed by atoms with Crippen LogP contribution in [0.25, 0.3) is 6.08 Å². The van der Waals surface area contributed by atoms with E-state index in [9.17, 15) is 18.8 Å². The number of hydrogen-bond donors (Lipinski definition) is 0. The molecule has 0 saturated carbocycles. The summed E-state index contributed by atoms with van der Waals surface area (Å²) >= 11 is 6.35. The van der Waals surface area contributed by atoms with E-state index in [-0.39, 0.29) is 22.9 Å². The summed E-state index contributed by atoms with van der Waals surface area (Å²) in [5, 5.41) is 0.508. The first kappa shape index (κ1) is 27.1. The smallest absolute Gasteiger partial charge is 0.185 e. The van der Waals surface area contributed by atoms with Gasteiger partial charge >= 0.3 is 0 Å². The van der Waals surface area contributed by atoms with E-state index >= 15 is 0 Å². The van der Waals surface area contributed by atoms with E-state index in [1.807, 2.05) is 17.1 Å². The molecule has 6 nitrogen and oxygen atoms in total. The van der Waals surface area contributed by atoms with Gasteiger partial charge in [0, 0.05) is 33.3 Å². The molecule has 1 saturated heterocycles. The SMILES string of the molecule is COc1ccc([C@@H]2[C@H](C(=O)c3ccc(F)cc3)N3c4ccc(Cl)cc4C=C[C@H]3C23C(=O)c2ccccc2C3=O)cc1OC. The average molecular weight is 594 g/mol. The summed E-state index contributed by atoms with van der Waals surface area (Å²) in [6.07, 6.45) is 3.68. The van der Waals surface area contributed by atoms with Crippen molar-refractivity contribution in [1.82, 2.24) is 0 Å². The van der Waals surface area contributed by atoms with Gasteiger partial charge < -0.3 is 14.4 Å². The van der Waals surface area contributed by atoms with Gasteiger partial charge in [0.2, 0.25) is 0 Å². The maximum Gasteiger partial charge on any atom is 0.185 e. The molecule has 0 aromatic heterocycles. The normalized spacial score (nSPS) is 21.0. The number of hydrogen-bond acceptors (Lipinski definition) is 6. The van der Waals surface area contributed by atoms with Gasteiger partial charge in [0.25, 0.3) is 0 Å². The topological polar surface area (TPSA) is 72.9 Å². The van der Waals surface area contributed by atoms with Crippen LogP contribution in [0, 0.1) is 11.2 Å². The summed E-state index contributed by atoms with van der Waals surface area (Å²) in [5.74, 6) is -1.62. The minimum Gasteiger partial charge on any atom is -0.493 e. The molecule has 2 heterocycles. The summed E-state index contributed by atoms with van der Waals surface area (Å²) < 4.78 is 25.1. The Hall–Kier alpha value is -4.75. The molecule has 1 spiro atoms. The van der Waals surface area contributed by atoms with Crippen molar-refractivity contribution in [3.05, 3.63) is 130 Å². The van der Waals surface area contributed by atoms with Gasteiger partial charge in [-0.25, -0.2) is 4.39 Å². The van der Waals surface area contributed by atoms with Crippen LogP contribution in [0.2, 0.25) is 5.02 Å². The van der Waals surface area contributed by atoms with E-state index < -0.39 is 29.2 Å². The van der Waals surface area contributed by atoms with Crippen molar-refractivity contribution in [2.24, 2.45) is 5.41 Å². The van der Waals surface area contributed by atoms with Crippen LogP contribution in [0.3, 0.4) is 0 Å². The maximum atomic E-state index is 14.7. The molecule has 0 unspecified atom stereocenters. The van der Waals surface area contributed by atoms with E-state index in [4.69, 9.17) is 21.1 Å². The van der Waals surface area contributed by atoms with Gasteiger partial charge in [-0.15, -0.1) is 0 Å². The predicted octanol–water partition coefficient (Wildman–Crippen LogP) is 6.81. The monoisotopic (exact) mass is 593 g/mol. The highest BCUT2D eigenvalue weighted by Crippen LogP contribution is 2.61. The number of ketones is 3. The van der Waals surface area contributed by atoms with Crippen LogP contribution in [0.4, 0.5) is 10.1 Å². The molecule has 4 aromatic carbocycles. The Labute approximate surface area is 252 Å². The Kier molecular flexibility index (Phi) is 6.25. The molecular formula is C35H25ClFNO5. The standard InChI is InChI=1S/C35H25ClFNO5/c1-42-27-15-9-21(18-28(27)43-2)30-31(32(39)19-7-12-23(37)13-8-19)38-26-14-11-22(36)17-20(26)10-16-29(38)35(30)33(40)24-5-3-4-6-25(24)34(35)41/h3-18,29-31H,1-2H3/t29-,30+,31+/m0/s1. The summed E-state index contributed by atoms with van der Waals surface area (Å²) in [5.41, 5.74) is 1.19. The summed E-state index contributed by atoms with van der Waals surface area (Å²) in [4.78, 5) is 46.0. The Morgan fingerprint density at radius 1 is 0.860 bits per heavy atom. The third-order valence-electron chi connectivity index (χ3n) is 8.93. The number of methoxy groups -OCH3 is 2. The quantitative estimate of drug-likeness (QED) is 0.187. The molecule has 8 heteroatoms. The lowest BCUT2D eigenvalue weighted by Crippen LogP contribution is -2.48. The lowest BCUT2D eigenvalue weighted by molar-refractivity contribution is 0.0665. The van der Waals surface area contributed by atoms with Gasteiger partial charge in [-0.1, -0.05) is 54.1 Å². The molecule has 0 N–H and O–H groups in total. The minimum absolute atomic E-state index is 0.258. The molecule has 2 aliphatic heterocycles. The second-order valence-electron chi connectivity index (χ2n) is 10.9. The van der Waals surface area contributed by atoms with Crippen molar-refractivity contribution in [2.45, 2.75) is 18.0 Å². The Balaban J connectivity index is 1.55. The second-order valence-corrected chi connectivity index (χ2v) is 11.3. The molecule has 0 bridgehead atoms. The molecule has 1 aliphatic carbocycles. The molecular weight excluding hydrogens is 569 g/mol. The Morgan fingerprint density at radius 2 is 1.53 bits per heavy atom. The molecule has 3 aliphatic rings. The van der Waals surface area contributed by atoms with Crippen LogP contribution in [-0.2, 0) is 0 Å². The molecule has 3 atom stereocenters. The first-order chi connectivity index (χ1) is 20.8. The number of ether oxygens (including phenoxy) is 2. The van der Waals surface area contributed by atoms with Crippen molar-refractivity contribution < 1.29 is 28.2 Å². The summed E-state index contributed by atoms with van der Waals surface area (Å²) in [6, 6.07) is 20.8.